The highest BCUT2D eigenvalue weighted by Gasteiger charge is 2.26. The van der Waals surface area contributed by atoms with Gasteiger partial charge in [0.2, 0.25) is 5.95 Å². The fraction of sp³-hybridized carbons (Fsp3) is 0.500. The number of benzene rings is 1. The second-order valence-corrected chi connectivity index (χ2v) is 7.84. The zero-order valence-electron chi connectivity index (χ0n) is 16.5. The van der Waals surface area contributed by atoms with Gasteiger partial charge in [-0.2, -0.15) is 0 Å². The molecule has 2 aliphatic heterocycles. The number of allylic oxidation sites excluding steroid dienone is 1. The summed E-state index contributed by atoms with van der Waals surface area (Å²) < 4.78 is 12.3. The zero-order chi connectivity index (χ0) is 19.6. The summed E-state index contributed by atoms with van der Waals surface area (Å²) in [5.74, 6) is 1.59. The van der Waals surface area contributed by atoms with Gasteiger partial charge >= 0.3 is 0 Å². The van der Waals surface area contributed by atoms with E-state index in [-0.39, 0.29) is 18.0 Å². The van der Waals surface area contributed by atoms with E-state index in [0.717, 1.165) is 80.3 Å². The lowest BCUT2D eigenvalue weighted by Crippen LogP contribution is -2.44. The number of carbonyl (C=O) groups excluding carboxylic acids is 1. The minimum absolute atomic E-state index is 0.0542. The zero-order valence-corrected chi connectivity index (χ0v) is 16.5. The third kappa shape index (κ3) is 3.84. The molecular weight excluding hydrogens is 368 g/mol. The van der Waals surface area contributed by atoms with E-state index in [4.69, 9.17) is 19.4 Å². The Bertz CT molecular complexity index is 933. The third-order valence-corrected chi connectivity index (χ3v) is 5.76. The SMILES string of the molecule is O=C1C=CC(Oc2cccc3nc(N4CCNCC4)nc(C4CCCCO4)c23)C1. The topological polar surface area (TPSA) is 76.6 Å². The number of nitrogens with one attached hydrogen (secondary N) is 1. The van der Waals surface area contributed by atoms with Gasteiger partial charge < -0.3 is 19.7 Å². The average Bonchev–Trinajstić information content (AvgIpc) is 3.19. The number of ketones is 1. The molecular formula is C22H26N4O3. The molecule has 3 aliphatic rings. The molecule has 1 aliphatic carbocycles. The Kier molecular flexibility index (Phi) is 5.16. The van der Waals surface area contributed by atoms with Crippen molar-refractivity contribution in [1.82, 2.24) is 15.3 Å². The van der Waals surface area contributed by atoms with Gasteiger partial charge in [0.25, 0.3) is 0 Å². The number of hydrogen-bond donors (Lipinski definition) is 1. The van der Waals surface area contributed by atoms with E-state index in [1.165, 1.54) is 0 Å². The first-order valence-corrected chi connectivity index (χ1v) is 10.5. The Morgan fingerprint density at radius 2 is 2.07 bits per heavy atom. The lowest BCUT2D eigenvalue weighted by molar-refractivity contribution is -0.114. The van der Waals surface area contributed by atoms with Crippen molar-refractivity contribution in [2.24, 2.45) is 0 Å². The summed E-state index contributed by atoms with van der Waals surface area (Å²) in [4.78, 5) is 23.7. The molecule has 0 amide bonds. The van der Waals surface area contributed by atoms with Crippen LogP contribution in [0.15, 0.2) is 30.4 Å². The van der Waals surface area contributed by atoms with Gasteiger partial charge in [-0.25, -0.2) is 9.97 Å². The van der Waals surface area contributed by atoms with Crippen molar-refractivity contribution in [3.8, 4) is 5.75 Å². The summed E-state index contributed by atoms with van der Waals surface area (Å²) in [7, 11) is 0. The first kappa shape index (κ1) is 18.5. The van der Waals surface area contributed by atoms with Gasteiger partial charge in [-0.3, -0.25) is 4.79 Å². The van der Waals surface area contributed by atoms with Gasteiger partial charge in [0.15, 0.2) is 5.78 Å². The number of piperazine rings is 1. The predicted molar refractivity (Wildman–Crippen MR) is 110 cm³/mol. The number of fused-ring (bicyclic) bond motifs is 1. The molecule has 3 heterocycles. The number of rotatable bonds is 4. The van der Waals surface area contributed by atoms with E-state index in [1.807, 2.05) is 24.3 Å². The number of carbonyl (C=O) groups is 1. The number of ether oxygens (including phenoxy) is 2. The molecule has 2 saturated heterocycles. The highest BCUT2D eigenvalue weighted by atomic mass is 16.5. The van der Waals surface area contributed by atoms with Crippen molar-refractivity contribution in [2.45, 2.75) is 37.9 Å². The largest absolute Gasteiger partial charge is 0.485 e. The van der Waals surface area contributed by atoms with Crippen molar-refractivity contribution in [1.29, 1.82) is 0 Å². The Morgan fingerprint density at radius 1 is 1.17 bits per heavy atom. The molecule has 0 radical (unpaired) electrons. The molecule has 7 heteroatoms. The maximum atomic E-state index is 11.6. The predicted octanol–water partition coefficient (Wildman–Crippen LogP) is 2.56. The van der Waals surface area contributed by atoms with Crippen molar-refractivity contribution in [3.05, 3.63) is 36.0 Å². The summed E-state index contributed by atoms with van der Waals surface area (Å²) in [6, 6.07) is 5.91. The van der Waals surface area contributed by atoms with Crippen LogP contribution < -0.4 is 15.0 Å². The number of hydrogen-bond acceptors (Lipinski definition) is 7. The van der Waals surface area contributed by atoms with Crippen molar-refractivity contribution in [3.63, 3.8) is 0 Å². The van der Waals surface area contributed by atoms with Gasteiger partial charge in [0.05, 0.1) is 23.0 Å². The van der Waals surface area contributed by atoms with Crippen LogP contribution in [0.4, 0.5) is 5.95 Å². The summed E-state index contributed by atoms with van der Waals surface area (Å²) in [5, 5.41) is 4.29. The Hall–Kier alpha value is -2.51. The molecule has 1 aromatic carbocycles. The highest BCUT2D eigenvalue weighted by molar-refractivity contribution is 5.93. The van der Waals surface area contributed by atoms with Gasteiger partial charge in [-0.1, -0.05) is 6.07 Å². The second kappa shape index (κ2) is 8.08. The third-order valence-electron chi connectivity index (χ3n) is 5.76. The molecule has 2 atom stereocenters. The fourth-order valence-electron chi connectivity index (χ4n) is 4.25. The van der Waals surface area contributed by atoms with Gasteiger partial charge in [0.1, 0.15) is 18.0 Å². The smallest absolute Gasteiger partial charge is 0.226 e. The van der Waals surface area contributed by atoms with Crippen LogP contribution in [0.3, 0.4) is 0 Å². The van der Waals surface area contributed by atoms with E-state index in [0.29, 0.717) is 6.42 Å². The molecule has 2 aromatic rings. The van der Waals surface area contributed by atoms with Crippen LogP contribution in [-0.2, 0) is 9.53 Å². The maximum absolute atomic E-state index is 11.6. The lowest BCUT2D eigenvalue weighted by Gasteiger charge is -2.30. The molecule has 0 saturated carbocycles. The standard InChI is InChI=1S/C22H26N4O3/c27-15-7-8-16(14-15)29-18-6-3-4-17-20(18)21(19-5-1-2-13-28-19)25-22(24-17)26-11-9-23-10-12-26/h3-4,6-8,16,19,23H,1-2,5,9-14H2. The van der Waals surface area contributed by atoms with E-state index < -0.39 is 0 Å². The van der Waals surface area contributed by atoms with Crippen LogP contribution in [0, 0.1) is 0 Å². The van der Waals surface area contributed by atoms with Gasteiger partial charge in [-0.15, -0.1) is 0 Å². The van der Waals surface area contributed by atoms with Gasteiger partial charge in [-0.05, 0) is 43.5 Å². The van der Waals surface area contributed by atoms with Crippen molar-refractivity contribution in [2.75, 3.05) is 37.7 Å². The Balaban J connectivity index is 1.58. The first-order valence-electron chi connectivity index (χ1n) is 10.5. The van der Waals surface area contributed by atoms with Crippen LogP contribution in [0.2, 0.25) is 0 Å². The highest BCUT2D eigenvalue weighted by Crippen LogP contribution is 2.37. The van der Waals surface area contributed by atoms with E-state index in [2.05, 4.69) is 10.2 Å². The lowest BCUT2D eigenvalue weighted by atomic mass is 10.0. The minimum atomic E-state index is -0.235. The summed E-state index contributed by atoms with van der Waals surface area (Å²) in [5.41, 5.74) is 1.77. The first-order chi connectivity index (χ1) is 14.3. The number of aromatic nitrogens is 2. The van der Waals surface area contributed by atoms with E-state index in [9.17, 15) is 4.79 Å². The van der Waals surface area contributed by atoms with Crippen LogP contribution in [0.1, 0.15) is 37.5 Å². The molecule has 0 spiro atoms. The van der Waals surface area contributed by atoms with Gasteiger partial charge in [0, 0.05) is 32.8 Å². The number of nitrogens with zero attached hydrogens (tertiary/aromatic N) is 3. The molecule has 7 nitrogen and oxygen atoms in total. The molecule has 0 bridgehead atoms. The Morgan fingerprint density at radius 3 is 2.83 bits per heavy atom. The van der Waals surface area contributed by atoms with Crippen LogP contribution in [-0.4, -0.2) is 54.6 Å². The van der Waals surface area contributed by atoms with Crippen LogP contribution >= 0.6 is 0 Å². The maximum Gasteiger partial charge on any atom is 0.226 e. The normalized spacial score (nSPS) is 25.0. The number of anilines is 1. The van der Waals surface area contributed by atoms with Crippen molar-refractivity contribution < 1.29 is 14.3 Å². The summed E-state index contributed by atoms with van der Waals surface area (Å²) in [6.07, 6.45) is 6.68. The molecule has 2 fully saturated rings. The Labute approximate surface area is 170 Å². The fourth-order valence-corrected chi connectivity index (χ4v) is 4.25. The molecule has 2 unspecified atom stereocenters. The monoisotopic (exact) mass is 394 g/mol. The molecule has 1 aromatic heterocycles. The molecule has 1 N–H and O–H groups in total. The average molecular weight is 394 g/mol. The quantitative estimate of drug-likeness (QED) is 0.854. The second-order valence-electron chi connectivity index (χ2n) is 7.84. The molecule has 5 rings (SSSR count). The summed E-state index contributed by atoms with van der Waals surface area (Å²) >= 11 is 0. The molecule has 29 heavy (non-hydrogen) atoms. The van der Waals surface area contributed by atoms with E-state index in [1.54, 1.807) is 6.08 Å². The minimum Gasteiger partial charge on any atom is -0.485 e. The van der Waals surface area contributed by atoms with E-state index >= 15 is 0 Å². The van der Waals surface area contributed by atoms with Crippen molar-refractivity contribution >= 4 is 22.6 Å². The van der Waals surface area contributed by atoms with Crippen LogP contribution in [0.25, 0.3) is 10.9 Å². The molecule has 152 valence electrons. The summed E-state index contributed by atoms with van der Waals surface area (Å²) in [6.45, 7) is 4.40. The van der Waals surface area contributed by atoms with Crippen LogP contribution in [0.5, 0.6) is 5.75 Å².